The number of rotatable bonds is 7. The number of aromatic nitrogens is 4. The van der Waals surface area contributed by atoms with Gasteiger partial charge in [-0.05, 0) is 49.7 Å². The first-order chi connectivity index (χ1) is 14.9. The van der Waals surface area contributed by atoms with Gasteiger partial charge in [-0.1, -0.05) is 46.8 Å². The van der Waals surface area contributed by atoms with E-state index < -0.39 is 0 Å². The van der Waals surface area contributed by atoms with E-state index in [0.29, 0.717) is 26.9 Å². The lowest BCUT2D eigenvalue weighted by molar-refractivity contribution is -0.113. The lowest BCUT2D eigenvalue weighted by Crippen LogP contribution is -2.14. The van der Waals surface area contributed by atoms with Crippen LogP contribution in [0.25, 0.3) is 10.2 Å². The Morgan fingerprint density at radius 1 is 1.29 bits per heavy atom. The van der Waals surface area contributed by atoms with Crippen LogP contribution in [0, 0.1) is 6.92 Å². The van der Waals surface area contributed by atoms with E-state index in [0.717, 1.165) is 15.8 Å². The number of aryl methyl sites for hydroxylation is 1. The number of para-hydroxylation sites is 1. The molecular formula is C21H20ClN5O2S2. The highest BCUT2D eigenvalue weighted by Gasteiger charge is 2.18. The molecule has 0 saturated carbocycles. The minimum atomic E-state index is -0.316. The number of hydrogen-bond acceptors (Lipinski definition) is 7. The Kier molecular flexibility index (Phi) is 6.45. The monoisotopic (exact) mass is 473 g/mol. The predicted molar refractivity (Wildman–Crippen MR) is 125 cm³/mol. The average molecular weight is 474 g/mol. The lowest BCUT2D eigenvalue weighted by Gasteiger charge is -2.15. The molecule has 1 atom stereocenters. The van der Waals surface area contributed by atoms with Crippen molar-refractivity contribution < 1.29 is 9.53 Å². The summed E-state index contributed by atoms with van der Waals surface area (Å²) >= 11 is 8.84. The lowest BCUT2D eigenvalue weighted by atomic mass is 10.2. The second-order valence-electron chi connectivity index (χ2n) is 6.89. The molecule has 0 aliphatic carbocycles. The van der Waals surface area contributed by atoms with Crippen LogP contribution in [0.3, 0.4) is 0 Å². The molecule has 160 valence electrons. The number of thiazole rings is 1. The molecule has 0 aliphatic rings. The van der Waals surface area contributed by atoms with Gasteiger partial charge in [-0.25, -0.2) is 4.98 Å². The zero-order chi connectivity index (χ0) is 22.0. The highest BCUT2D eigenvalue weighted by Crippen LogP contribution is 2.28. The highest BCUT2D eigenvalue weighted by molar-refractivity contribution is 7.99. The molecule has 7 nitrogen and oxygen atoms in total. The SMILES string of the molecule is Cc1cc(OC(C)c2nnc(SCC(=O)Nc3nc4ccccc4s3)n2C)ccc1Cl. The van der Waals surface area contributed by atoms with Gasteiger partial charge in [-0.2, -0.15) is 0 Å². The molecule has 0 saturated heterocycles. The average Bonchev–Trinajstić information content (AvgIpc) is 3.31. The van der Waals surface area contributed by atoms with Crippen LogP contribution in [-0.4, -0.2) is 31.4 Å². The van der Waals surface area contributed by atoms with Crippen LogP contribution in [0.5, 0.6) is 5.75 Å². The molecule has 31 heavy (non-hydrogen) atoms. The topological polar surface area (TPSA) is 81.9 Å². The second kappa shape index (κ2) is 9.25. The van der Waals surface area contributed by atoms with Gasteiger partial charge in [-0.3, -0.25) is 4.79 Å². The number of nitrogens with zero attached hydrogens (tertiary/aromatic N) is 4. The van der Waals surface area contributed by atoms with E-state index in [1.165, 1.54) is 23.1 Å². The fourth-order valence-electron chi connectivity index (χ4n) is 2.96. The molecule has 2 aromatic carbocycles. The second-order valence-corrected chi connectivity index (χ2v) is 9.27. The summed E-state index contributed by atoms with van der Waals surface area (Å²) < 4.78 is 8.86. The highest BCUT2D eigenvalue weighted by atomic mass is 35.5. The molecule has 0 spiro atoms. The summed E-state index contributed by atoms with van der Waals surface area (Å²) in [5, 5.41) is 13.2. The van der Waals surface area contributed by atoms with Crippen LogP contribution in [0.15, 0.2) is 47.6 Å². The zero-order valence-electron chi connectivity index (χ0n) is 17.1. The van der Waals surface area contributed by atoms with Crippen molar-refractivity contribution >= 4 is 56.0 Å². The minimum absolute atomic E-state index is 0.144. The van der Waals surface area contributed by atoms with Crippen molar-refractivity contribution in [3.8, 4) is 5.75 Å². The Morgan fingerprint density at radius 2 is 2.10 bits per heavy atom. The van der Waals surface area contributed by atoms with Gasteiger partial charge in [0.2, 0.25) is 5.91 Å². The van der Waals surface area contributed by atoms with Gasteiger partial charge in [0.1, 0.15) is 5.75 Å². The van der Waals surface area contributed by atoms with Crippen molar-refractivity contribution in [1.82, 2.24) is 19.7 Å². The predicted octanol–water partition coefficient (Wildman–Crippen LogP) is 5.26. The molecule has 2 aromatic heterocycles. The largest absolute Gasteiger partial charge is 0.483 e. The standard InChI is InChI=1S/C21H20ClN5O2S2/c1-12-10-14(8-9-15(12)22)29-13(2)19-25-26-21(27(19)3)30-11-18(28)24-20-23-16-6-4-5-7-17(16)31-20/h4-10,13H,11H2,1-3H3,(H,23,24,28). The Balaban J connectivity index is 1.36. The number of nitrogens with one attached hydrogen (secondary N) is 1. The number of amides is 1. The molecule has 4 aromatic rings. The van der Waals surface area contributed by atoms with Crippen LogP contribution < -0.4 is 10.1 Å². The maximum atomic E-state index is 12.4. The summed E-state index contributed by atoms with van der Waals surface area (Å²) in [5.74, 6) is 1.44. The van der Waals surface area contributed by atoms with Crippen molar-refractivity contribution in [2.75, 3.05) is 11.1 Å². The summed E-state index contributed by atoms with van der Waals surface area (Å²) in [5.41, 5.74) is 1.82. The van der Waals surface area contributed by atoms with E-state index in [1.807, 2.05) is 61.9 Å². The van der Waals surface area contributed by atoms with Crippen molar-refractivity contribution in [3.05, 3.63) is 58.9 Å². The summed E-state index contributed by atoms with van der Waals surface area (Å²) in [6, 6.07) is 13.3. The number of hydrogen-bond donors (Lipinski definition) is 1. The number of anilines is 1. The van der Waals surface area contributed by atoms with Gasteiger partial charge in [0.05, 0.1) is 16.0 Å². The van der Waals surface area contributed by atoms with Gasteiger partial charge in [0, 0.05) is 12.1 Å². The number of fused-ring (bicyclic) bond motifs is 1. The van der Waals surface area contributed by atoms with E-state index >= 15 is 0 Å². The first-order valence-corrected chi connectivity index (χ1v) is 11.7. The third kappa shape index (κ3) is 5.00. The smallest absolute Gasteiger partial charge is 0.236 e. The maximum absolute atomic E-state index is 12.4. The number of benzene rings is 2. The maximum Gasteiger partial charge on any atom is 0.236 e. The molecule has 4 rings (SSSR count). The molecule has 2 heterocycles. The third-order valence-corrected chi connectivity index (χ3v) is 6.94. The van der Waals surface area contributed by atoms with Gasteiger partial charge < -0.3 is 14.6 Å². The van der Waals surface area contributed by atoms with E-state index in [1.54, 1.807) is 6.07 Å². The molecule has 1 N–H and O–H groups in total. The minimum Gasteiger partial charge on any atom is -0.483 e. The van der Waals surface area contributed by atoms with Crippen LogP contribution >= 0.6 is 34.7 Å². The Labute approximate surface area is 192 Å². The van der Waals surface area contributed by atoms with Crippen LogP contribution in [0.1, 0.15) is 24.4 Å². The van der Waals surface area contributed by atoms with Gasteiger partial charge in [0.25, 0.3) is 0 Å². The number of ether oxygens (including phenoxy) is 1. The fourth-order valence-corrected chi connectivity index (χ4v) is 4.68. The van der Waals surface area contributed by atoms with Crippen molar-refractivity contribution in [3.63, 3.8) is 0 Å². The summed E-state index contributed by atoms with van der Waals surface area (Å²) in [7, 11) is 1.86. The summed E-state index contributed by atoms with van der Waals surface area (Å²) in [6.45, 7) is 3.83. The number of carbonyl (C=O) groups is 1. The van der Waals surface area contributed by atoms with Crippen molar-refractivity contribution in [1.29, 1.82) is 0 Å². The van der Waals surface area contributed by atoms with Gasteiger partial charge >= 0.3 is 0 Å². The van der Waals surface area contributed by atoms with E-state index in [2.05, 4.69) is 20.5 Å². The number of thioether (sulfide) groups is 1. The van der Waals surface area contributed by atoms with Gasteiger partial charge in [-0.15, -0.1) is 10.2 Å². The molecule has 0 bridgehead atoms. The Morgan fingerprint density at radius 3 is 2.87 bits per heavy atom. The molecule has 1 unspecified atom stereocenters. The van der Waals surface area contributed by atoms with Crippen molar-refractivity contribution in [2.24, 2.45) is 7.05 Å². The molecule has 0 radical (unpaired) electrons. The Bertz CT molecular complexity index is 1210. The first-order valence-electron chi connectivity index (χ1n) is 9.51. The quantitative estimate of drug-likeness (QED) is 0.369. The molecule has 0 fully saturated rings. The third-order valence-electron chi connectivity index (χ3n) is 4.55. The number of halogens is 1. The van der Waals surface area contributed by atoms with Crippen molar-refractivity contribution in [2.45, 2.75) is 25.1 Å². The van der Waals surface area contributed by atoms with E-state index in [4.69, 9.17) is 16.3 Å². The molecule has 10 heteroatoms. The van der Waals surface area contributed by atoms with Crippen LogP contribution in [0.4, 0.5) is 5.13 Å². The molecular weight excluding hydrogens is 454 g/mol. The van der Waals surface area contributed by atoms with Crippen LogP contribution in [-0.2, 0) is 11.8 Å². The Hall–Kier alpha value is -2.62. The first kappa shape index (κ1) is 21.6. The van der Waals surface area contributed by atoms with Gasteiger partial charge in [0.15, 0.2) is 22.2 Å². The van der Waals surface area contributed by atoms with E-state index in [9.17, 15) is 4.79 Å². The number of carbonyl (C=O) groups excluding carboxylic acids is 1. The molecule has 0 aliphatic heterocycles. The summed E-state index contributed by atoms with van der Waals surface area (Å²) in [6.07, 6.45) is -0.316. The van der Waals surface area contributed by atoms with E-state index in [-0.39, 0.29) is 17.8 Å². The normalized spacial score (nSPS) is 12.1. The molecule has 1 amide bonds. The van der Waals surface area contributed by atoms with Crippen LogP contribution in [0.2, 0.25) is 5.02 Å². The summed E-state index contributed by atoms with van der Waals surface area (Å²) in [4.78, 5) is 16.8. The fraction of sp³-hybridized carbons (Fsp3) is 0.238. The zero-order valence-corrected chi connectivity index (χ0v) is 19.5.